The first-order valence-electron chi connectivity index (χ1n) is 6.40. The van der Waals surface area contributed by atoms with Crippen LogP contribution in [-0.4, -0.2) is 24.4 Å². The number of nitrogens with one attached hydrogen (secondary N) is 1. The van der Waals surface area contributed by atoms with Gasteiger partial charge < -0.3 is 10.2 Å². The van der Waals surface area contributed by atoms with Crippen LogP contribution in [0.2, 0.25) is 5.02 Å². The number of rotatable bonds is 2. The molecule has 4 nitrogen and oxygen atoms in total. The van der Waals surface area contributed by atoms with Crippen molar-refractivity contribution >= 4 is 29.1 Å². The first kappa shape index (κ1) is 13.9. The number of anilines is 1. The van der Waals surface area contributed by atoms with E-state index in [-0.39, 0.29) is 11.8 Å². The van der Waals surface area contributed by atoms with Crippen LogP contribution in [0.1, 0.15) is 25.3 Å². The third kappa shape index (κ3) is 2.73. The number of carbonyl (C=O) groups is 2. The van der Waals surface area contributed by atoms with Gasteiger partial charge in [0.2, 0.25) is 11.8 Å². The second-order valence-electron chi connectivity index (χ2n) is 4.67. The van der Waals surface area contributed by atoms with Crippen LogP contribution in [0.3, 0.4) is 0 Å². The average molecular weight is 281 g/mol. The Morgan fingerprint density at radius 1 is 1.42 bits per heavy atom. The summed E-state index contributed by atoms with van der Waals surface area (Å²) in [6.07, 6.45) is 0.872. The number of amides is 2. The van der Waals surface area contributed by atoms with Crippen molar-refractivity contribution in [2.75, 3.05) is 11.4 Å². The number of nitrogens with zero attached hydrogens (tertiary/aromatic N) is 1. The van der Waals surface area contributed by atoms with E-state index in [0.29, 0.717) is 30.1 Å². The SMILES string of the molecule is CCC1NC(=O)CCN(c2c(C)cccc2Cl)C1=O. The molecule has 1 heterocycles. The van der Waals surface area contributed by atoms with Gasteiger partial charge in [-0.2, -0.15) is 0 Å². The topological polar surface area (TPSA) is 49.4 Å². The van der Waals surface area contributed by atoms with Crippen molar-refractivity contribution in [3.8, 4) is 0 Å². The van der Waals surface area contributed by atoms with E-state index < -0.39 is 6.04 Å². The van der Waals surface area contributed by atoms with Crippen LogP contribution in [0.25, 0.3) is 0 Å². The molecule has 1 N–H and O–H groups in total. The third-order valence-corrected chi connectivity index (χ3v) is 3.63. The Hall–Kier alpha value is -1.55. The molecule has 1 unspecified atom stereocenters. The zero-order chi connectivity index (χ0) is 14.0. The van der Waals surface area contributed by atoms with E-state index in [9.17, 15) is 9.59 Å². The number of benzene rings is 1. The maximum atomic E-state index is 12.5. The quantitative estimate of drug-likeness (QED) is 0.903. The van der Waals surface area contributed by atoms with Crippen molar-refractivity contribution in [3.63, 3.8) is 0 Å². The molecule has 1 aliphatic rings. The van der Waals surface area contributed by atoms with Gasteiger partial charge in [0.15, 0.2) is 0 Å². The van der Waals surface area contributed by atoms with E-state index in [0.717, 1.165) is 5.56 Å². The summed E-state index contributed by atoms with van der Waals surface area (Å²) in [6, 6.07) is 5.06. The van der Waals surface area contributed by atoms with Gasteiger partial charge in [-0.3, -0.25) is 9.59 Å². The second kappa shape index (κ2) is 5.61. The first-order chi connectivity index (χ1) is 9.04. The molecule has 5 heteroatoms. The molecule has 0 aromatic heterocycles. The molecule has 1 atom stereocenters. The Morgan fingerprint density at radius 3 is 2.79 bits per heavy atom. The van der Waals surface area contributed by atoms with E-state index in [4.69, 9.17) is 11.6 Å². The predicted octanol–water partition coefficient (Wildman–Crippen LogP) is 2.28. The van der Waals surface area contributed by atoms with Crippen LogP contribution in [0.15, 0.2) is 18.2 Å². The Balaban J connectivity index is 2.42. The lowest BCUT2D eigenvalue weighted by molar-refractivity contribution is -0.125. The molecular weight excluding hydrogens is 264 g/mol. The average Bonchev–Trinajstić information content (AvgIpc) is 2.51. The van der Waals surface area contributed by atoms with Crippen LogP contribution in [0.4, 0.5) is 5.69 Å². The standard InChI is InChI=1S/C14H17ClN2O2/c1-3-11-14(19)17(8-7-12(18)16-11)13-9(2)5-4-6-10(13)15/h4-6,11H,3,7-8H2,1-2H3,(H,16,18). The summed E-state index contributed by atoms with van der Waals surface area (Å²) in [6.45, 7) is 4.16. The van der Waals surface area contributed by atoms with E-state index in [2.05, 4.69) is 5.32 Å². The Morgan fingerprint density at radius 2 is 2.16 bits per heavy atom. The minimum absolute atomic E-state index is 0.0904. The smallest absolute Gasteiger partial charge is 0.249 e. The summed E-state index contributed by atoms with van der Waals surface area (Å²) in [5.74, 6) is -0.183. The lowest BCUT2D eigenvalue weighted by atomic mass is 10.1. The van der Waals surface area contributed by atoms with Crippen LogP contribution in [0.5, 0.6) is 0 Å². The molecule has 1 aromatic carbocycles. The molecule has 102 valence electrons. The number of carbonyl (C=O) groups excluding carboxylic acids is 2. The molecule has 2 amide bonds. The van der Waals surface area contributed by atoms with E-state index >= 15 is 0 Å². The summed E-state index contributed by atoms with van der Waals surface area (Å²) in [4.78, 5) is 25.7. The van der Waals surface area contributed by atoms with Gasteiger partial charge in [0, 0.05) is 13.0 Å². The summed E-state index contributed by atoms with van der Waals surface area (Å²) in [5.41, 5.74) is 1.65. The Kier molecular flexibility index (Phi) is 4.10. The lowest BCUT2D eigenvalue weighted by Crippen LogP contribution is -2.44. The fourth-order valence-corrected chi connectivity index (χ4v) is 2.63. The number of halogens is 1. The van der Waals surface area contributed by atoms with Crippen molar-refractivity contribution in [1.29, 1.82) is 0 Å². The zero-order valence-corrected chi connectivity index (χ0v) is 11.8. The second-order valence-corrected chi connectivity index (χ2v) is 5.08. The van der Waals surface area contributed by atoms with E-state index in [1.165, 1.54) is 0 Å². The largest absolute Gasteiger partial charge is 0.344 e. The number of para-hydroxylation sites is 1. The van der Waals surface area contributed by atoms with Crippen molar-refractivity contribution in [2.24, 2.45) is 0 Å². The maximum Gasteiger partial charge on any atom is 0.249 e. The highest BCUT2D eigenvalue weighted by molar-refractivity contribution is 6.34. The van der Waals surface area contributed by atoms with Gasteiger partial charge in [-0.25, -0.2) is 0 Å². The van der Waals surface area contributed by atoms with Gasteiger partial charge in [-0.05, 0) is 25.0 Å². The Bertz CT molecular complexity index is 496. The van der Waals surface area contributed by atoms with Crippen LogP contribution < -0.4 is 10.2 Å². The lowest BCUT2D eigenvalue weighted by Gasteiger charge is -2.26. The fourth-order valence-electron chi connectivity index (χ4n) is 2.30. The first-order valence-corrected chi connectivity index (χ1v) is 6.78. The van der Waals surface area contributed by atoms with Gasteiger partial charge in [-0.15, -0.1) is 0 Å². The molecule has 0 bridgehead atoms. The molecule has 2 rings (SSSR count). The monoisotopic (exact) mass is 280 g/mol. The van der Waals surface area contributed by atoms with Gasteiger partial charge in [0.05, 0.1) is 10.7 Å². The molecule has 0 aliphatic carbocycles. The molecular formula is C14H17ClN2O2. The van der Waals surface area contributed by atoms with Crippen molar-refractivity contribution in [3.05, 3.63) is 28.8 Å². The minimum Gasteiger partial charge on any atom is -0.344 e. The molecule has 0 spiro atoms. The van der Waals surface area contributed by atoms with Gasteiger partial charge >= 0.3 is 0 Å². The molecule has 0 radical (unpaired) electrons. The normalized spacial score (nSPS) is 20.2. The maximum absolute atomic E-state index is 12.5. The fraction of sp³-hybridized carbons (Fsp3) is 0.429. The summed E-state index contributed by atoms with van der Waals surface area (Å²) < 4.78 is 0. The van der Waals surface area contributed by atoms with Gasteiger partial charge in [0.1, 0.15) is 6.04 Å². The van der Waals surface area contributed by atoms with Crippen molar-refractivity contribution in [1.82, 2.24) is 5.32 Å². The number of hydrogen-bond donors (Lipinski definition) is 1. The molecule has 1 aromatic rings. The summed E-state index contributed by atoms with van der Waals surface area (Å²) in [7, 11) is 0. The third-order valence-electron chi connectivity index (χ3n) is 3.33. The van der Waals surface area contributed by atoms with Crippen molar-refractivity contribution < 1.29 is 9.59 Å². The highest BCUT2D eigenvalue weighted by atomic mass is 35.5. The summed E-state index contributed by atoms with van der Waals surface area (Å²) in [5, 5.41) is 3.28. The van der Waals surface area contributed by atoms with Crippen LogP contribution >= 0.6 is 11.6 Å². The van der Waals surface area contributed by atoms with E-state index in [1.54, 1.807) is 11.0 Å². The predicted molar refractivity (Wildman–Crippen MR) is 75.4 cm³/mol. The number of hydrogen-bond acceptors (Lipinski definition) is 2. The Labute approximate surface area is 117 Å². The highest BCUT2D eigenvalue weighted by Gasteiger charge is 2.30. The highest BCUT2D eigenvalue weighted by Crippen LogP contribution is 2.30. The van der Waals surface area contributed by atoms with Crippen LogP contribution in [-0.2, 0) is 9.59 Å². The van der Waals surface area contributed by atoms with Crippen molar-refractivity contribution in [2.45, 2.75) is 32.7 Å². The molecule has 19 heavy (non-hydrogen) atoms. The van der Waals surface area contributed by atoms with Gasteiger partial charge in [0.25, 0.3) is 0 Å². The van der Waals surface area contributed by atoms with Crippen LogP contribution in [0, 0.1) is 6.92 Å². The molecule has 1 saturated heterocycles. The summed E-state index contributed by atoms with van der Waals surface area (Å²) >= 11 is 6.21. The minimum atomic E-state index is -0.467. The van der Waals surface area contributed by atoms with E-state index in [1.807, 2.05) is 26.0 Å². The van der Waals surface area contributed by atoms with Gasteiger partial charge in [-0.1, -0.05) is 30.7 Å². The number of aryl methyl sites for hydroxylation is 1. The molecule has 0 saturated carbocycles. The molecule has 1 aliphatic heterocycles. The zero-order valence-electron chi connectivity index (χ0n) is 11.1. The molecule has 1 fully saturated rings.